The second-order valence-corrected chi connectivity index (χ2v) is 7.52. The van der Waals surface area contributed by atoms with Gasteiger partial charge < -0.3 is 15.2 Å². The molecule has 0 bridgehead atoms. The van der Waals surface area contributed by atoms with Gasteiger partial charge in [-0.15, -0.1) is 0 Å². The second-order valence-electron chi connectivity index (χ2n) is 6.52. The third kappa shape index (κ3) is 4.04. The van der Waals surface area contributed by atoms with Crippen LogP contribution in [0.4, 0.5) is 11.4 Å². The van der Waals surface area contributed by atoms with E-state index >= 15 is 0 Å². The number of aromatic nitrogens is 1. The first-order valence-electron chi connectivity index (χ1n) is 9.35. The molecule has 0 atom stereocenters. The lowest BCUT2D eigenvalue weighted by Gasteiger charge is -2.08. The van der Waals surface area contributed by atoms with Gasteiger partial charge in [-0.2, -0.15) is 0 Å². The van der Waals surface area contributed by atoms with Gasteiger partial charge in [0.25, 0.3) is 0 Å². The zero-order valence-electron chi connectivity index (χ0n) is 16.2. The molecule has 0 spiro atoms. The summed E-state index contributed by atoms with van der Waals surface area (Å²) in [6, 6.07) is 14.5. The number of nitrogens with one attached hydrogen (secondary N) is 1. The predicted octanol–water partition coefficient (Wildman–Crippen LogP) is 3.91. The van der Waals surface area contributed by atoms with Gasteiger partial charge in [0.05, 0.1) is 17.2 Å². The highest BCUT2D eigenvalue weighted by Crippen LogP contribution is 2.34. The van der Waals surface area contributed by atoms with Crippen LogP contribution in [0.2, 0.25) is 0 Å². The number of fused-ring (bicyclic) bond motifs is 1. The summed E-state index contributed by atoms with van der Waals surface area (Å²) < 4.78 is 6.42. The van der Waals surface area contributed by atoms with Gasteiger partial charge >= 0.3 is 4.87 Å². The number of benzene rings is 2. The minimum Gasteiger partial charge on any atom is -0.494 e. The topological polar surface area (TPSA) is 92.9 Å². The molecule has 1 aliphatic heterocycles. The van der Waals surface area contributed by atoms with Gasteiger partial charge in [0.15, 0.2) is 0 Å². The van der Waals surface area contributed by atoms with E-state index in [1.807, 2.05) is 31.2 Å². The largest absolute Gasteiger partial charge is 0.494 e. The van der Waals surface area contributed by atoms with Crippen molar-refractivity contribution in [2.75, 3.05) is 11.9 Å². The highest BCUT2D eigenvalue weighted by Gasteiger charge is 2.18. The summed E-state index contributed by atoms with van der Waals surface area (Å²) in [5.41, 5.74) is 3.14. The maximum Gasteiger partial charge on any atom is 0.311 e. The van der Waals surface area contributed by atoms with Crippen LogP contribution < -0.4 is 14.9 Å². The number of carbonyl (C=O) groups excluding carboxylic acids is 1. The molecule has 0 unspecified atom stereocenters. The quantitative estimate of drug-likeness (QED) is 0.631. The van der Waals surface area contributed by atoms with Crippen LogP contribution in [-0.2, 0) is 11.3 Å². The number of hydrogen-bond donors (Lipinski definition) is 2. The van der Waals surface area contributed by atoms with Crippen molar-refractivity contribution in [3.05, 3.63) is 68.6 Å². The Hall–Kier alpha value is -3.65. The molecule has 0 saturated carbocycles. The molecule has 152 valence electrons. The van der Waals surface area contributed by atoms with Gasteiger partial charge in [0, 0.05) is 23.0 Å². The van der Waals surface area contributed by atoms with E-state index in [2.05, 4.69) is 10.3 Å². The molecule has 2 N–H and O–H groups in total. The summed E-state index contributed by atoms with van der Waals surface area (Å²) in [5, 5.41) is 13.2. The first-order chi connectivity index (χ1) is 14.5. The smallest absolute Gasteiger partial charge is 0.311 e. The summed E-state index contributed by atoms with van der Waals surface area (Å²) in [5.74, 6) is 0.0513. The Bertz CT molecular complexity index is 1210. The normalized spacial score (nSPS) is 13.4. The number of thiazole rings is 1. The van der Waals surface area contributed by atoms with E-state index < -0.39 is 10.8 Å². The highest BCUT2D eigenvalue weighted by molar-refractivity contribution is 7.10. The number of aromatic hydroxyl groups is 1. The first kappa shape index (κ1) is 19.7. The zero-order valence-corrected chi connectivity index (χ0v) is 17.0. The van der Waals surface area contributed by atoms with Crippen LogP contribution in [0, 0.1) is 0 Å². The Morgan fingerprint density at radius 2 is 2.00 bits per heavy atom. The van der Waals surface area contributed by atoms with Crippen LogP contribution in [0.1, 0.15) is 17.4 Å². The van der Waals surface area contributed by atoms with Crippen molar-refractivity contribution in [3.8, 4) is 11.6 Å². The average Bonchev–Trinajstić information content (AvgIpc) is 3.26. The van der Waals surface area contributed by atoms with Crippen molar-refractivity contribution in [1.29, 1.82) is 0 Å². The van der Waals surface area contributed by atoms with Gasteiger partial charge in [-0.05, 0) is 43.3 Å². The lowest BCUT2D eigenvalue weighted by Crippen LogP contribution is -2.24. The number of para-hydroxylation sites is 1. The summed E-state index contributed by atoms with van der Waals surface area (Å²) in [6.07, 6.45) is 3.40. The van der Waals surface area contributed by atoms with Crippen molar-refractivity contribution in [2.45, 2.75) is 13.5 Å². The molecule has 1 amide bonds. The van der Waals surface area contributed by atoms with Crippen LogP contribution in [0.15, 0.2) is 58.3 Å². The second kappa shape index (κ2) is 8.38. The van der Waals surface area contributed by atoms with E-state index in [0.717, 1.165) is 32.7 Å². The lowest BCUT2D eigenvalue weighted by molar-refractivity contribution is -0.116. The molecule has 30 heavy (non-hydrogen) atoms. The fourth-order valence-corrected chi connectivity index (χ4v) is 3.92. The van der Waals surface area contributed by atoms with Crippen molar-refractivity contribution < 1.29 is 14.6 Å². The van der Waals surface area contributed by atoms with E-state index in [1.165, 1.54) is 0 Å². The van der Waals surface area contributed by atoms with E-state index in [0.29, 0.717) is 22.9 Å². The molecule has 4 rings (SSSR count). The van der Waals surface area contributed by atoms with Crippen molar-refractivity contribution >= 4 is 46.5 Å². The lowest BCUT2D eigenvalue weighted by atomic mass is 10.1. The van der Waals surface area contributed by atoms with Gasteiger partial charge in [0.1, 0.15) is 12.3 Å². The molecule has 2 heterocycles. The Labute approximate surface area is 176 Å². The average molecular weight is 421 g/mol. The molecule has 0 aliphatic carbocycles. The molecule has 1 aliphatic rings. The van der Waals surface area contributed by atoms with Gasteiger partial charge in [0.2, 0.25) is 11.8 Å². The van der Waals surface area contributed by atoms with Crippen LogP contribution >= 0.6 is 11.3 Å². The fourth-order valence-electron chi connectivity index (χ4n) is 3.09. The minimum absolute atomic E-state index is 0.239. The number of anilines is 1. The molecular weight excluding hydrogens is 402 g/mol. The molecule has 7 nitrogen and oxygen atoms in total. The number of hydrogen-bond acceptors (Lipinski definition) is 6. The van der Waals surface area contributed by atoms with E-state index in [-0.39, 0.29) is 12.4 Å². The number of nitrogens with zero attached hydrogens (tertiary/aromatic N) is 2. The Morgan fingerprint density at radius 1 is 1.23 bits per heavy atom. The fraction of sp³-hybridized carbons (Fsp3) is 0.136. The Kier molecular flexibility index (Phi) is 5.49. The third-order valence-corrected chi connectivity index (χ3v) is 5.40. The van der Waals surface area contributed by atoms with Crippen molar-refractivity contribution in [1.82, 2.24) is 4.57 Å². The van der Waals surface area contributed by atoms with Crippen molar-refractivity contribution in [2.24, 2.45) is 4.99 Å². The Balaban J connectivity index is 1.50. The van der Waals surface area contributed by atoms with Gasteiger partial charge in [-0.3, -0.25) is 19.1 Å². The SMILES string of the molecule is CCOc1ccc(NC(=O)Cn2c(O)c(/C=C3\C=Nc4ccccc43)sc2=O)cc1. The highest BCUT2D eigenvalue weighted by atomic mass is 32.1. The maximum atomic E-state index is 12.4. The van der Waals surface area contributed by atoms with Gasteiger partial charge in [-0.1, -0.05) is 29.5 Å². The van der Waals surface area contributed by atoms with E-state index in [4.69, 9.17) is 4.74 Å². The van der Waals surface area contributed by atoms with Crippen LogP contribution in [-0.4, -0.2) is 28.4 Å². The predicted molar refractivity (Wildman–Crippen MR) is 119 cm³/mol. The molecular formula is C22H19N3O4S. The summed E-state index contributed by atoms with van der Waals surface area (Å²) in [4.78, 5) is 29.0. The van der Waals surface area contributed by atoms with E-state index in [1.54, 1.807) is 36.6 Å². The van der Waals surface area contributed by atoms with Crippen LogP contribution in [0.3, 0.4) is 0 Å². The standard InChI is InChI=1S/C22H19N3O4S/c1-2-29-16-9-7-15(8-10-16)24-20(26)13-25-21(27)19(30-22(25)28)11-14-12-23-18-6-4-3-5-17(14)18/h3-12,27H,2,13H2,1H3,(H,24,26)/b14-11+. The zero-order chi connectivity index (χ0) is 21.1. The maximum absolute atomic E-state index is 12.4. The molecule has 0 radical (unpaired) electrons. The summed E-state index contributed by atoms with van der Waals surface area (Å²) >= 11 is 0.881. The molecule has 8 heteroatoms. The molecule has 3 aromatic rings. The summed E-state index contributed by atoms with van der Waals surface area (Å²) in [6.45, 7) is 2.16. The number of carbonyl (C=O) groups is 1. The number of amides is 1. The van der Waals surface area contributed by atoms with E-state index in [9.17, 15) is 14.7 Å². The molecule has 1 aromatic heterocycles. The Morgan fingerprint density at radius 3 is 2.77 bits per heavy atom. The third-order valence-electron chi connectivity index (χ3n) is 4.49. The van der Waals surface area contributed by atoms with Crippen LogP contribution in [0.25, 0.3) is 11.6 Å². The van der Waals surface area contributed by atoms with Crippen LogP contribution in [0.5, 0.6) is 11.6 Å². The molecule has 2 aromatic carbocycles. The monoisotopic (exact) mass is 421 g/mol. The molecule has 0 fully saturated rings. The number of aliphatic imine (C=N–C) groups is 1. The molecule has 0 saturated heterocycles. The number of rotatable bonds is 6. The summed E-state index contributed by atoms with van der Waals surface area (Å²) in [7, 11) is 0. The number of allylic oxidation sites excluding steroid dienone is 1. The first-order valence-corrected chi connectivity index (χ1v) is 10.2. The number of ether oxygens (including phenoxy) is 1. The van der Waals surface area contributed by atoms with Gasteiger partial charge in [-0.25, -0.2) is 0 Å². The minimum atomic E-state index is -0.415. The van der Waals surface area contributed by atoms with Crippen molar-refractivity contribution in [3.63, 3.8) is 0 Å².